The Hall–Kier alpha value is -2.70. The Bertz CT molecular complexity index is 1780. The number of nitrogens with zero attached hydrogens (tertiary/aromatic N) is 2. The van der Waals surface area contributed by atoms with Crippen LogP contribution in [0.2, 0.25) is 10.0 Å². The van der Waals surface area contributed by atoms with Gasteiger partial charge in [0, 0.05) is 48.2 Å². The number of carbonyl (C=O) groups excluding carboxylic acids is 1. The van der Waals surface area contributed by atoms with Crippen molar-refractivity contribution in [1.29, 1.82) is 0 Å². The van der Waals surface area contributed by atoms with E-state index in [1.165, 1.54) is 37.7 Å². The van der Waals surface area contributed by atoms with Gasteiger partial charge in [-0.25, -0.2) is 0 Å². The minimum absolute atomic E-state index is 0.00246. The van der Waals surface area contributed by atoms with E-state index in [-0.39, 0.29) is 18.2 Å². The third-order valence-electron chi connectivity index (χ3n) is 10.8. The van der Waals surface area contributed by atoms with E-state index in [9.17, 15) is 9.36 Å². The molecule has 358 valence electrons. The summed E-state index contributed by atoms with van der Waals surface area (Å²) in [7, 11) is -2.96. The lowest BCUT2D eigenvalue weighted by Crippen LogP contribution is -2.39. The molecule has 0 aromatic heterocycles. The van der Waals surface area contributed by atoms with Gasteiger partial charge in [-0.1, -0.05) is 92.6 Å². The van der Waals surface area contributed by atoms with Crippen LogP contribution in [0.4, 0.5) is 0 Å². The summed E-state index contributed by atoms with van der Waals surface area (Å²) in [4.78, 5) is 16.6. The van der Waals surface area contributed by atoms with Crippen molar-refractivity contribution in [1.82, 2.24) is 9.80 Å². The summed E-state index contributed by atoms with van der Waals surface area (Å²) in [5.74, 6) is 1.53. The van der Waals surface area contributed by atoms with Gasteiger partial charge in [-0.15, -0.1) is 0 Å². The minimum atomic E-state index is -2.96. The van der Waals surface area contributed by atoms with Gasteiger partial charge < -0.3 is 32.7 Å². The minimum Gasteiger partial charge on any atom is -0.494 e. The first-order valence-corrected chi connectivity index (χ1v) is 26.0. The van der Waals surface area contributed by atoms with Gasteiger partial charge >= 0.3 is 13.6 Å². The third kappa shape index (κ3) is 20.4. The average molecular weight is 950 g/mol. The molecule has 14 heteroatoms. The highest BCUT2D eigenvalue weighted by atomic mass is 35.5. The Balaban J connectivity index is 0.000000281. The van der Waals surface area contributed by atoms with Gasteiger partial charge in [-0.2, -0.15) is 0 Å². The van der Waals surface area contributed by atoms with Crippen LogP contribution in [0.5, 0.6) is 11.5 Å². The summed E-state index contributed by atoms with van der Waals surface area (Å²) in [5.41, 5.74) is 2.62. The van der Waals surface area contributed by atoms with Crippen molar-refractivity contribution in [3.63, 3.8) is 0 Å². The molecule has 3 aromatic rings. The van der Waals surface area contributed by atoms with Gasteiger partial charge in [-0.05, 0) is 114 Å². The Morgan fingerprint density at radius 1 is 0.703 bits per heavy atom. The number of unbranched alkanes of at least 4 members (excludes halogenated alkanes) is 5. The number of hydrogen-bond donors (Lipinski definition) is 0. The molecule has 11 nitrogen and oxygen atoms in total. The molecule has 2 saturated heterocycles. The highest BCUT2D eigenvalue weighted by Crippen LogP contribution is 2.48. The molecule has 2 aliphatic heterocycles. The molecule has 0 radical (unpaired) electrons. The van der Waals surface area contributed by atoms with Crippen LogP contribution < -0.4 is 9.47 Å². The topological polar surface area (TPSA) is 105 Å². The fourth-order valence-electron chi connectivity index (χ4n) is 7.56. The molecule has 0 bridgehead atoms. The number of carbonyl (C=O) groups is 1. The van der Waals surface area contributed by atoms with Crippen molar-refractivity contribution in [3.8, 4) is 11.5 Å². The fourth-order valence-corrected chi connectivity index (χ4v) is 9.71. The van der Waals surface area contributed by atoms with Crippen LogP contribution in [0, 0.1) is 0 Å². The van der Waals surface area contributed by atoms with E-state index in [4.69, 9.17) is 55.9 Å². The lowest BCUT2D eigenvalue weighted by molar-refractivity contribution is -0.155. The fraction of sp³-hybridized carbons (Fsp3) is 0.620. The lowest BCUT2D eigenvalue weighted by atomic mass is 10.1. The molecule has 2 heterocycles. The molecule has 2 fully saturated rings. The van der Waals surface area contributed by atoms with Gasteiger partial charge in [0.1, 0.15) is 23.7 Å². The van der Waals surface area contributed by atoms with Crippen molar-refractivity contribution >= 4 is 36.8 Å². The Morgan fingerprint density at radius 3 is 1.75 bits per heavy atom. The molecule has 0 saturated carbocycles. The summed E-state index contributed by atoms with van der Waals surface area (Å²) >= 11 is 12.4. The second kappa shape index (κ2) is 29.1. The molecule has 2 atom stereocenters. The molecule has 2 aliphatic rings. The quantitative estimate of drug-likeness (QED) is 0.0460. The van der Waals surface area contributed by atoms with Crippen molar-refractivity contribution in [2.45, 2.75) is 124 Å². The summed E-state index contributed by atoms with van der Waals surface area (Å²) in [6, 6.07) is 21.7. The van der Waals surface area contributed by atoms with E-state index in [2.05, 4.69) is 41.0 Å². The Kier molecular flexibility index (Phi) is 24.5. The zero-order valence-corrected chi connectivity index (χ0v) is 41.7. The number of hydrogen-bond acceptors (Lipinski definition) is 11. The van der Waals surface area contributed by atoms with Crippen LogP contribution in [-0.4, -0.2) is 99.8 Å². The van der Waals surface area contributed by atoms with E-state index in [1.807, 2.05) is 65.0 Å². The van der Waals surface area contributed by atoms with Crippen LogP contribution >= 0.6 is 30.8 Å². The van der Waals surface area contributed by atoms with Crippen LogP contribution in [0.25, 0.3) is 0 Å². The van der Waals surface area contributed by atoms with Gasteiger partial charge in [0.05, 0.1) is 51.4 Å². The van der Waals surface area contributed by atoms with E-state index >= 15 is 0 Å². The molecule has 2 unspecified atom stereocenters. The SMILES string of the molecule is CC(C)(C)OC(=O)CCCN1CCOC(c2ccc(OCc3c(Cl)cccc3Cl)cc2)C1.CCCCCCCCOc1ccc(C2CN(CCCP(=O)(OCC)OCC)CCO2)cc1. The smallest absolute Gasteiger partial charge is 0.330 e. The summed E-state index contributed by atoms with van der Waals surface area (Å²) < 4.78 is 52.6. The molecular formula is C50H75Cl2N2O9P. The zero-order valence-electron chi connectivity index (χ0n) is 39.3. The van der Waals surface area contributed by atoms with E-state index < -0.39 is 13.2 Å². The molecule has 64 heavy (non-hydrogen) atoms. The Morgan fingerprint density at radius 2 is 1.22 bits per heavy atom. The maximum absolute atomic E-state index is 12.6. The van der Waals surface area contributed by atoms with Gasteiger partial charge in [0.15, 0.2) is 0 Å². The maximum atomic E-state index is 12.6. The number of esters is 1. The summed E-state index contributed by atoms with van der Waals surface area (Å²) in [6.07, 6.45) is 10.1. The molecule has 0 aliphatic carbocycles. The zero-order chi connectivity index (χ0) is 46.2. The van der Waals surface area contributed by atoms with Crippen molar-refractivity contribution in [2.24, 2.45) is 0 Å². The second-order valence-corrected chi connectivity index (χ2v) is 20.3. The highest BCUT2D eigenvalue weighted by molar-refractivity contribution is 7.53. The van der Waals surface area contributed by atoms with Crippen molar-refractivity contribution in [2.75, 3.05) is 78.5 Å². The van der Waals surface area contributed by atoms with Crippen LogP contribution in [0.3, 0.4) is 0 Å². The number of ether oxygens (including phenoxy) is 5. The first-order chi connectivity index (χ1) is 30.8. The van der Waals surface area contributed by atoms with Gasteiger partial charge in [0.25, 0.3) is 0 Å². The van der Waals surface area contributed by atoms with E-state index in [1.54, 1.807) is 12.1 Å². The van der Waals surface area contributed by atoms with E-state index in [0.29, 0.717) is 55.7 Å². The predicted octanol–water partition coefficient (Wildman–Crippen LogP) is 12.5. The standard InChI is InChI=1S/C25H31Cl2NO4.C25H44NO5P/c1-25(2,3)32-24(29)8-5-13-28-14-15-30-23(16-28)18-9-11-19(12-10-18)31-17-20-21(26)6-4-7-22(20)27;1-4-7-8-9-10-11-19-28-24-15-13-23(14-16-24)25-22-26(18-20-29-25)17-12-21-32(27,30-5-2)31-6-3/h4,6-7,9-12,23H,5,8,13-17H2,1-3H3;13-16,25H,4-12,17-22H2,1-3H3. The summed E-state index contributed by atoms with van der Waals surface area (Å²) in [6.45, 7) is 20.0. The summed E-state index contributed by atoms with van der Waals surface area (Å²) in [5, 5.41) is 1.19. The van der Waals surface area contributed by atoms with Crippen LogP contribution in [0.15, 0.2) is 66.7 Å². The van der Waals surface area contributed by atoms with Crippen LogP contribution in [0.1, 0.15) is 128 Å². The molecule has 0 amide bonds. The number of rotatable bonds is 25. The monoisotopic (exact) mass is 948 g/mol. The molecule has 3 aromatic carbocycles. The lowest BCUT2D eigenvalue weighted by Gasteiger charge is -2.33. The van der Waals surface area contributed by atoms with E-state index in [0.717, 1.165) is 87.8 Å². The normalized spacial score (nSPS) is 17.4. The predicted molar refractivity (Wildman–Crippen MR) is 258 cm³/mol. The molecular weight excluding hydrogens is 874 g/mol. The van der Waals surface area contributed by atoms with Gasteiger partial charge in [0.2, 0.25) is 0 Å². The largest absolute Gasteiger partial charge is 0.494 e. The average Bonchev–Trinajstić information content (AvgIpc) is 3.26. The third-order valence-corrected chi connectivity index (χ3v) is 13.7. The number of benzene rings is 3. The maximum Gasteiger partial charge on any atom is 0.330 e. The molecule has 0 N–H and O–H groups in total. The van der Waals surface area contributed by atoms with Crippen LogP contribution in [-0.2, 0) is 39.2 Å². The molecule has 0 spiro atoms. The number of halogens is 2. The van der Waals surface area contributed by atoms with Gasteiger partial charge in [-0.3, -0.25) is 19.2 Å². The molecule has 5 rings (SSSR count). The second-order valence-electron chi connectivity index (χ2n) is 17.3. The number of morpholine rings is 2. The van der Waals surface area contributed by atoms with Crippen molar-refractivity contribution in [3.05, 3.63) is 93.5 Å². The first kappa shape index (κ1) is 53.9. The first-order valence-electron chi connectivity index (χ1n) is 23.5. The van der Waals surface area contributed by atoms with Crippen molar-refractivity contribution < 1.29 is 42.1 Å². The highest BCUT2D eigenvalue weighted by Gasteiger charge is 2.26. The Labute approximate surface area is 394 Å².